The Kier molecular flexibility index (Phi) is 63.3. The summed E-state index contributed by atoms with van der Waals surface area (Å²) >= 11 is 10.9. The molecule has 8 aromatic carbocycles. The number of fused-ring (bicyclic) bond motifs is 6. The molecule has 6 unspecified atom stereocenters. The number of ether oxygens (including phenoxy) is 2. The second kappa shape index (κ2) is 74.0. The highest BCUT2D eigenvalue weighted by molar-refractivity contribution is 7.11. The molecule has 0 aliphatic carbocycles. The lowest BCUT2D eigenvalue weighted by Crippen LogP contribution is -2.40. The quantitative estimate of drug-likeness (QED) is 0.0412. The van der Waals surface area contributed by atoms with Gasteiger partial charge in [-0.15, -0.1) is 68.0 Å². The number of aliphatic carboxylic acids is 1. The van der Waals surface area contributed by atoms with Crippen molar-refractivity contribution in [1.29, 1.82) is 10.5 Å². The van der Waals surface area contributed by atoms with Gasteiger partial charge in [-0.05, 0) is 199 Å². The number of nitrogens with two attached hydrogens (primary N) is 1. The van der Waals surface area contributed by atoms with Crippen LogP contribution in [0.3, 0.4) is 0 Å². The Morgan fingerprint density at radius 1 is 0.338 bits per heavy atom. The predicted molar refractivity (Wildman–Crippen MR) is 622 cm³/mol. The Labute approximate surface area is 909 Å². The summed E-state index contributed by atoms with van der Waals surface area (Å²) in [5.41, 5.74) is 21.9. The number of carbonyl (C=O) groups is 4. The summed E-state index contributed by atoms with van der Waals surface area (Å²) in [4.78, 5) is 73.9. The lowest BCUT2D eigenvalue weighted by Gasteiger charge is -2.33. The van der Waals surface area contributed by atoms with E-state index in [2.05, 4.69) is 141 Å². The van der Waals surface area contributed by atoms with E-state index in [1.165, 1.54) is 90.5 Å². The smallest absolute Gasteiger partial charge is 0.327 e. The maximum absolute atomic E-state index is 12.2. The van der Waals surface area contributed by atoms with Crippen molar-refractivity contribution in [2.45, 2.75) is 244 Å². The van der Waals surface area contributed by atoms with Crippen molar-refractivity contribution >= 4 is 91.8 Å². The van der Waals surface area contributed by atoms with Gasteiger partial charge < -0.3 is 25.4 Å². The highest BCUT2D eigenvalue weighted by atomic mass is 32.1. The molecule has 7 atom stereocenters. The number of esters is 2. The van der Waals surface area contributed by atoms with Gasteiger partial charge in [0, 0.05) is 114 Å². The highest BCUT2D eigenvalue weighted by Gasteiger charge is 2.36. The molecular weight excluding hydrogens is 1950 g/mol. The molecular formula is C124H158N10O8S6. The lowest BCUT2D eigenvalue weighted by molar-refractivity contribution is -0.148. The number of carboxylic acids is 1. The second-order valence-corrected chi connectivity index (χ2v) is 38.3. The van der Waals surface area contributed by atoms with Crippen molar-refractivity contribution in [3.05, 3.63) is 430 Å². The molecule has 1 amide bonds. The molecule has 6 aliphatic rings. The maximum Gasteiger partial charge on any atom is 0.327 e. The lowest BCUT2D eigenvalue weighted by atomic mass is 10.0. The SMILES string of the molecule is CC.CC.CC.CC.CC.CC.CC.CC.CC(c1ccccc1)N1CCc2sccc2C1.COC(=O)C(c1ccccc1)N1CCc2sccc2C1.COC(=O)[C@H](c1ccccc1)N1CCc2sccc2C1.N#CC(O)c1ccccc1.N#CCc1ccccc1.NC(=O)C(c1ccccc1)N1CCc2sccc2C1.O=C(O)C(c1ccccc1)N1CCc2sccc2C1.[C-]#[N+]C(c1ccccc1)N1CCc2sccc2C1. The first-order chi connectivity index (χ1) is 72.6. The van der Waals surface area contributed by atoms with Crippen molar-refractivity contribution in [2.24, 2.45) is 5.73 Å². The molecule has 0 spiro atoms. The fourth-order valence-electron chi connectivity index (χ4n) is 17.2. The molecule has 6 aromatic heterocycles. The van der Waals surface area contributed by atoms with Crippen molar-refractivity contribution in [2.75, 3.05) is 53.5 Å². The molecule has 0 saturated heterocycles. The first kappa shape index (κ1) is 126. The van der Waals surface area contributed by atoms with Gasteiger partial charge in [-0.1, -0.05) is 341 Å². The van der Waals surface area contributed by atoms with Crippen molar-refractivity contribution in [3.8, 4) is 12.1 Å². The zero-order chi connectivity index (χ0) is 108. The van der Waals surface area contributed by atoms with Crippen LogP contribution in [-0.4, -0.2) is 117 Å². The molecule has 24 heteroatoms. The minimum absolute atomic E-state index is 0.140. The van der Waals surface area contributed by atoms with Crippen LogP contribution in [0.2, 0.25) is 0 Å². The zero-order valence-corrected chi connectivity index (χ0v) is 95.3. The second-order valence-electron chi connectivity index (χ2n) is 32.3. The Hall–Kier alpha value is -12.0. The molecule has 14 aromatic rings. The summed E-state index contributed by atoms with van der Waals surface area (Å²) in [5, 5.41) is 47.9. The van der Waals surface area contributed by atoms with Gasteiger partial charge in [0.25, 0.3) is 0 Å². The van der Waals surface area contributed by atoms with Crippen molar-refractivity contribution in [1.82, 2.24) is 29.4 Å². The van der Waals surface area contributed by atoms with E-state index in [-0.39, 0.29) is 42.1 Å². The van der Waals surface area contributed by atoms with E-state index in [9.17, 15) is 24.3 Å². The van der Waals surface area contributed by atoms with Gasteiger partial charge >= 0.3 is 24.1 Å². The van der Waals surface area contributed by atoms with Crippen LogP contribution >= 0.6 is 68.0 Å². The molecule has 18 nitrogen and oxygen atoms in total. The molecule has 0 saturated carbocycles. The van der Waals surface area contributed by atoms with Gasteiger partial charge in [-0.25, -0.2) is 21.1 Å². The summed E-state index contributed by atoms with van der Waals surface area (Å²) < 4.78 is 10.0. The van der Waals surface area contributed by atoms with Crippen LogP contribution in [0.5, 0.6) is 0 Å². The normalized spacial score (nSPS) is 14.5. The third-order valence-corrected chi connectivity index (χ3v) is 30.2. The number of hydrogen-bond acceptors (Lipinski definition) is 21. The number of primary amides is 1. The molecule has 148 heavy (non-hydrogen) atoms. The predicted octanol–water partition coefficient (Wildman–Crippen LogP) is 30.1. The summed E-state index contributed by atoms with van der Waals surface area (Å²) in [5.74, 6) is -1.42. The number of methoxy groups -OCH3 is 2. The third kappa shape index (κ3) is 39.5. The topological polar surface area (TPSA) is 225 Å². The van der Waals surface area contributed by atoms with Gasteiger partial charge in [0.1, 0.15) is 24.2 Å². The number of rotatable bonds is 18. The Morgan fingerprint density at radius 2 is 0.568 bits per heavy atom. The number of amides is 1. The molecule has 0 radical (unpaired) electrons. The van der Waals surface area contributed by atoms with E-state index >= 15 is 0 Å². The first-order valence-corrected chi connectivity index (χ1v) is 57.5. The standard InChI is InChI=1S/2C16H17NO2S.C15H16N2OS.C15H14N2S.C15H15NO2S.C15H17NS.C8H7NO.C8H7N.8C2H6/c2*1-19-16(18)15(12-5-3-2-4-6-12)17-9-7-14-13(11-17)8-10-20-14;16-15(18)14(11-4-2-1-3-5-11)17-8-6-13-12(10-17)7-9-19-13;1-16-15(12-5-3-2-4-6-12)17-9-7-14-13(11-17)8-10-18-14;17-15(18)14(11-4-2-1-3-5-11)16-8-6-13-12(10-16)7-9-19-13;1-12(13-5-3-2-4-6-13)16-9-7-15-14(11-16)8-10-17-15;9-6-8(10)7-4-2-1-3-5-7;9-7-6-8-4-2-1-3-5-8;8*1-2/h2*2-6,8,10,15H,7,9,11H2,1H3;1-5,7,9,14H,6,8,10H2,(H2,16,18);2-6,8,10,15H,7,9,11H2;1-5,7,9,14H,6,8,10H2,(H,17,18);2-6,8,10,12H,7,9,11H2,1H3;1-5,8,10H;1-5H,6H2;8*1-2H3/t15-;;;;;;;;;;;;;;;/m0.............../s1. The third-order valence-electron chi connectivity index (χ3n) is 24.1. The fourth-order valence-corrected chi connectivity index (χ4v) is 22.5. The van der Waals surface area contributed by atoms with Gasteiger partial charge in [-0.3, -0.25) is 38.9 Å². The minimum Gasteiger partial charge on any atom is -0.480 e. The number of nitriles is 2. The van der Waals surface area contributed by atoms with E-state index < -0.39 is 18.1 Å². The zero-order valence-electron chi connectivity index (χ0n) is 90.4. The van der Waals surface area contributed by atoms with Crippen LogP contribution in [0, 0.1) is 29.2 Å². The monoisotopic (exact) mass is 2110 g/mol. The largest absolute Gasteiger partial charge is 0.480 e. The van der Waals surface area contributed by atoms with E-state index in [0.717, 1.165) is 137 Å². The summed E-state index contributed by atoms with van der Waals surface area (Å²) in [7, 11) is 2.91. The average molecular weight is 2110 g/mol. The number of thiophene rings is 6. The van der Waals surface area contributed by atoms with Crippen LogP contribution in [-0.2, 0) is 113 Å². The number of aliphatic hydroxyl groups is 1. The number of carbonyl (C=O) groups excluding carboxylic acids is 3. The highest BCUT2D eigenvalue weighted by Crippen LogP contribution is 2.38. The van der Waals surface area contributed by atoms with Gasteiger partial charge in [-0.2, -0.15) is 10.5 Å². The fraction of sp³-hybridized carbons (Fsp3) is 0.363. The molecule has 0 fully saturated rings. The number of benzene rings is 8. The van der Waals surface area contributed by atoms with Crippen LogP contribution in [0.1, 0.15) is 267 Å². The molecule has 4 N–H and O–H groups in total. The molecule has 12 heterocycles. The Bertz CT molecular complexity index is 5810. The van der Waals surface area contributed by atoms with E-state index in [1.54, 1.807) is 80.6 Å². The van der Waals surface area contributed by atoms with Gasteiger partial charge in [0.15, 0.2) is 6.10 Å². The van der Waals surface area contributed by atoms with Crippen LogP contribution < -0.4 is 5.73 Å². The van der Waals surface area contributed by atoms with Crippen LogP contribution in [0.15, 0.2) is 311 Å². The number of aliphatic hydroxyl groups excluding tert-OH is 1. The maximum atomic E-state index is 12.2. The van der Waals surface area contributed by atoms with E-state index in [4.69, 9.17) is 37.4 Å². The van der Waals surface area contributed by atoms with Crippen LogP contribution in [0.25, 0.3) is 4.85 Å². The molecule has 0 bridgehead atoms. The Balaban J connectivity index is 0.000000294. The van der Waals surface area contributed by atoms with Crippen LogP contribution in [0.4, 0.5) is 0 Å². The minimum atomic E-state index is -0.985. The average Bonchev–Trinajstić information content (AvgIpc) is 1.54. The summed E-state index contributed by atoms with van der Waals surface area (Å²) in [6.07, 6.45) is 5.64. The van der Waals surface area contributed by atoms with E-state index in [0.29, 0.717) is 18.0 Å². The molecule has 20 rings (SSSR count). The van der Waals surface area contributed by atoms with E-state index in [1.807, 2.05) is 326 Å². The Morgan fingerprint density at radius 3 is 0.838 bits per heavy atom. The summed E-state index contributed by atoms with van der Waals surface area (Å²) in [6, 6.07) is 94.4. The van der Waals surface area contributed by atoms with Crippen molar-refractivity contribution in [3.63, 3.8) is 0 Å². The number of carboxylic acid groups (broad SMARTS) is 1. The molecule has 6 aliphatic heterocycles. The van der Waals surface area contributed by atoms with Crippen molar-refractivity contribution < 1.29 is 38.9 Å². The first-order valence-electron chi connectivity index (χ1n) is 52.2. The van der Waals surface area contributed by atoms with Gasteiger partial charge in [0.05, 0.1) is 38.3 Å². The molecule has 788 valence electrons. The van der Waals surface area contributed by atoms with Gasteiger partial charge in [0.2, 0.25) is 5.91 Å². The number of hydrogen-bond donors (Lipinski definition) is 3. The summed E-state index contributed by atoms with van der Waals surface area (Å²) in [6.45, 7) is 52.6. The number of nitrogens with zero attached hydrogens (tertiary/aromatic N) is 9.